The Morgan fingerprint density at radius 2 is 1.90 bits per heavy atom. The second kappa shape index (κ2) is 5.45. The van der Waals surface area contributed by atoms with E-state index >= 15 is 0 Å². The molecule has 0 unspecified atom stereocenters. The molecule has 104 valence electrons. The SMILES string of the molecule is Cc1ccc(C(=O)Nc2ccccn2)cc1C(C)(C)C. The van der Waals surface area contributed by atoms with Crippen molar-refractivity contribution < 1.29 is 4.79 Å². The van der Waals surface area contributed by atoms with Gasteiger partial charge in [0.25, 0.3) is 5.91 Å². The number of amides is 1. The molecule has 20 heavy (non-hydrogen) atoms. The van der Waals surface area contributed by atoms with E-state index in [0.717, 1.165) is 0 Å². The molecule has 1 N–H and O–H groups in total. The van der Waals surface area contributed by atoms with Gasteiger partial charge in [-0.25, -0.2) is 4.98 Å². The fraction of sp³-hybridized carbons (Fsp3) is 0.294. The van der Waals surface area contributed by atoms with Gasteiger partial charge in [0.1, 0.15) is 5.82 Å². The number of carbonyl (C=O) groups is 1. The Hall–Kier alpha value is -2.16. The van der Waals surface area contributed by atoms with Gasteiger partial charge in [-0.15, -0.1) is 0 Å². The number of aromatic nitrogens is 1. The number of aryl methyl sites for hydroxylation is 1. The van der Waals surface area contributed by atoms with E-state index in [4.69, 9.17) is 0 Å². The third-order valence-corrected chi connectivity index (χ3v) is 3.21. The maximum atomic E-state index is 12.3. The van der Waals surface area contributed by atoms with Gasteiger partial charge in [0.15, 0.2) is 0 Å². The summed E-state index contributed by atoms with van der Waals surface area (Å²) in [5.41, 5.74) is 3.06. The van der Waals surface area contributed by atoms with Crippen LogP contribution < -0.4 is 5.32 Å². The van der Waals surface area contributed by atoms with Crippen molar-refractivity contribution in [1.29, 1.82) is 0 Å². The van der Waals surface area contributed by atoms with Gasteiger partial charge in [-0.05, 0) is 47.7 Å². The molecule has 3 nitrogen and oxygen atoms in total. The molecule has 2 rings (SSSR count). The lowest BCUT2D eigenvalue weighted by atomic mass is 9.83. The Kier molecular flexibility index (Phi) is 3.89. The molecule has 0 aliphatic rings. The van der Waals surface area contributed by atoms with Crippen molar-refractivity contribution >= 4 is 11.7 Å². The largest absolute Gasteiger partial charge is 0.307 e. The van der Waals surface area contributed by atoms with Crippen LogP contribution in [-0.2, 0) is 5.41 Å². The molecule has 0 spiro atoms. The fourth-order valence-electron chi connectivity index (χ4n) is 2.20. The smallest absolute Gasteiger partial charge is 0.256 e. The number of rotatable bonds is 2. The van der Waals surface area contributed by atoms with Crippen molar-refractivity contribution in [3.05, 3.63) is 59.3 Å². The molecule has 0 saturated carbocycles. The number of benzene rings is 1. The molecule has 0 bridgehead atoms. The van der Waals surface area contributed by atoms with Crippen molar-refractivity contribution in [1.82, 2.24) is 4.98 Å². The summed E-state index contributed by atoms with van der Waals surface area (Å²) in [6.07, 6.45) is 1.66. The first-order valence-corrected chi connectivity index (χ1v) is 6.71. The van der Waals surface area contributed by atoms with E-state index in [9.17, 15) is 4.79 Å². The molecular weight excluding hydrogens is 248 g/mol. The Labute approximate surface area is 120 Å². The zero-order chi connectivity index (χ0) is 14.8. The molecule has 0 atom stereocenters. The number of hydrogen-bond donors (Lipinski definition) is 1. The predicted molar refractivity (Wildman–Crippen MR) is 82.1 cm³/mol. The topological polar surface area (TPSA) is 42.0 Å². The van der Waals surface area contributed by atoms with E-state index in [1.54, 1.807) is 12.3 Å². The van der Waals surface area contributed by atoms with E-state index in [1.165, 1.54) is 11.1 Å². The summed E-state index contributed by atoms with van der Waals surface area (Å²) in [6, 6.07) is 11.2. The second-order valence-electron chi connectivity index (χ2n) is 5.95. The monoisotopic (exact) mass is 268 g/mol. The lowest BCUT2D eigenvalue weighted by molar-refractivity contribution is 0.102. The summed E-state index contributed by atoms with van der Waals surface area (Å²) in [7, 11) is 0. The molecule has 2 aromatic rings. The minimum absolute atomic E-state index is 0.0192. The minimum Gasteiger partial charge on any atom is -0.307 e. The number of pyridine rings is 1. The highest BCUT2D eigenvalue weighted by molar-refractivity contribution is 6.03. The van der Waals surface area contributed by atoms with Crippen molar-refractivity contribution in [3.63, 3.8) is 0 Å². The van der Waals surface area contributed by atoms with Gasteiger partial charge in [-0.2, -0.15) is 0 Å². The van der Waals surface area contributed by atoms with Gasteiger partial charge in [0.2, 0.25) is 0 Å². The van der Waals surface area contributed by atoms with Gasteiger partial charge in [-0.1, -0.05) is 32.9 Å². The molecule has 0 aliphatic carbocycles. The molecule has 0 radical (unpaired) electrons. The minimum atomic E-state index is -0.130. The number of hydrogen-bond acceptors (Lipinski definition) is 2. The van der Waals surface area contributed by atoms with Gasteiger partial charge in [0, 0.05) is 11.8 Å². The molecule has 1 aromatic heterocycles. The van der Waals surface area contributed by atoms with Crippen LogP contribution in [-0.4, -0.2) is 10.9 Å². The Balaban J connectivity index is 2.27. The zero-order valence-electron chi connectivity index (χ0n) is 12.4. The van der Waals surface area contributed by atoms with Crippen LogP contribution >= 0.6 is 0 Å². The summed E-state index contributed by atoms with van der Waals surface area (Å²) in [4.78, 5) is 16.4. The first kappa shape index (κ1) is 14.3. The second-order valence-corrected chi connectivity index (χ2v) is 5.95. The number of carbonyl (C=O) groups excluding carboxylic acids is 1. The van der Waals surface area contributed by atoms with E-state index in [1.807, 2.05) is 30.3 Å². The molecule has 0 saturated heterocycles. The Bertz CT molecular complexity index is 613. The summed E-state index contributed by atoms with van der Waals surface area (Å²) in [6.45, 7) is 8.52. The van der Waals surface area contributed by atoms with Gasteiger partial charge >= 0.3 is 0 Å². The average Bonchev–Trinajstić information content (AvgIpc) is 2.39. The van der Waals surface area contributed by atoms with Crippen LogP contribution in [0.4, 0.5) is 5.82 Å². The summed E-state index contributed by atoms with van der Waals surface area (Å²) < 4.78 is 0. The molecule has 1 heterocycles. The van der Waals surface area contributed by atoms with Crippen LogP contribution in [0, 0.1) is 6.92 Å². The van der Waals surface area contributed by atoms with Crippen LogP contribution in [0.5, 0.6) is 0 Å². The number of nitrogens with zero attached hydrogens (tertiary/aromatic N) is 1. The maximum absolute atomic E-state index is 12.3. The fourth-order valence-corrected chi connectivity index (χ4v) is 2.20. The van der Waals surface area contributed by atoms with Crippen molar-refractivity contribution in [2.24, 2.45) is 0 Å². The molecular formula is C17H20N2O. The van der Waals surface area contributed by atoms with E-state index in [-0.39, 0.29) is 11.3 Å². The molecule has 3 heteroatoms. The summed E-state index contributed by atoms with van der Waals surface area (Å²) in [5.74, 6) is 0.435. The van der Waals surface area contributed by atoms with Crippen molar-refractivity contribution in [2.45, 2.75) is 33.1 Å². The first-order chi connectivity index (χ1) is 9.38. The molecule has 0 fully saturated rings. The van der Waals surface area contributed by atoms with E-state index < -0.39 is 0 Å². The average molecular weight is 268 g/mol. The number of nitrogens with one attached hydrogen (secondary N) is 1. The van der Waals surface area contributed by atoms with Gasteiger partial charge < -0.3 is 5.32 Å². The lowest BCUT2D eigenvalue weighted by Gasteiger charge is -2.22. The highest BCUT2D eigenvalue weighted by Gasteiger charge is 2.18. The molecule has 0 aliphatic heterocycles. The third-order valence-electron chi connectivity index (χ3n) is 3.21. The summed E-state index contributed by atoms with van der Waals surface area (Å²) >= 11 is 0. The van der Waals surface area contributed by atoms with Crippen LogP contribution in [0.25, 0.3) is 0 Å². The normalized spacial score (nSPS) is 11.2. The predicted octanol–water partition coefficient (Wildman–Crippen LogP) is 3.94. The van der Waals surface area contributed by atoms with Crippen LogP contribution in [0.3, 0.4) is 0 Å². The lowest BCUT2D eigenvalue weighted by Crippen LogP contribution is -2.17. The quantitative estimate of drug-likeness (QED) is 0.896. The third kappa shape index (κ3) is 3.23. The van der Waals surface area contributed by atoms with Crippen molar-refractivity contribution in [3.8, 4) is 0 Å². The molecule has 1 amide bonds. The van der Waals surface area contributed by atoms with Gasteiger partial charge in [0.05, 0.1) is 0 Å². The van der Waals surface area contributed by atoms with Gasteiger partial charge in [-0.3, -0.25) is 4.79 Å². The maximum Gasteiger partial charge on any atom is 0.256 e. The highest BCUT2D eigenvalue weighted by Crippen LogP contribution is 2.26. The highest BCUT2D eigenvalue weighted by atomic mass is 16.1. The van der Waals surface area contributed by atoms with Crippen molar-refractivity contribution in [2.75, 3.05) is 5.32 Å². The Morgan fingerprint density at radius 3 is 2.50 bits per heavy atom. The summed E-state index contributed by atoms with van der Waals surface area (Å²) in [5, 5.41) is 2.81. The molecule has 1 aromatic carbocycles. The van der Waals surface area contributed by atoms with E-state index in [0.29, 0.717) is 11.4 Å². The Morgan fingerprint density at radius 1 is 1.15 bits per heavy atom. The first-order valence-electron chi connectivity index (χ1n) is 6.71. The van der Waals surface area contributed by atoms with Crippen LogP contribution in [0.1, 0.15) is 42.3 Å². The van der Waals surface area contributed by atoms with Crippen LogP contribution in [0.15, 0.2) is 42.6 Å². The standard InChI is InChI=1S/C17H20N2O/c1-12-8-9-13(11-14(12)17(2,3)4)16(20)19-15-7-5-6-10-18-15/h5-11H,1-4H3,(H,18,19,20). The van der Waals surface area contributed by atoms with E-state index in [2.05, 4.69) is 38.0 Å². The number of anilines is 1. The zero-order valence-corrected chi connectivity index (χ0v) is 12.4. The van der Waals surface area contributed by atoms with Crippen LogP contribution in [0.2, 0.25) is 0 Å².